The standard InChI is InChI=1S/C10H13F3N2S/c1-15(5-6-16-10(11,12)13)9-4-2-3-8(14)7-9/h2-4,7H,5-6,14H2,1H3. The van der Waals surface area contributed by atoms with Gasteiger partial charge in [0.15, 0.2) is 0 Å². The number of hydrogen-bond donors (Lipinski definition) is 1. The minimum Gasteiger partial charge on any atom is -0.399 e. The molecule has 0 amide bonds. The van der Waals surface area contributed by atoms with Gasteiger partial charge >= 0.3 is 5.51 Å². The average Bonchev–Trinajstić information content (AvgIpc) is 2.15. The number of nitrogen functional groups attached to an aromatic ring is 1. The fourth-order valence-corrected chi connectivity index (χ4v) is 1.79. The third-order valence-electron chi connectivity index (χ3n) is 2.00. The third-order valence-corrected chi connectivity index (χ3v) is 2.72. The van der Waals surface area contributed by atoms with E-state index in [1.165, 1.54) is 0 Å². The summed E-state index contributed by atoms with van der Waals surface area (Å²) in [5.41, 5.74) is 2.85. The maximum absolute atomic E-state index is 11.9. The fourth-order valence-electron chi connectivity index (χ4n) is 1.19. The Morgan fingerprint density at radius 1 is 1.38 bits per heavy atom. The van der Waals surface area contributed by atoms with E-state index in [0.717, 1.165) is 5.69 Å². The van der Waals surface area contributed by atoms with Crippen molar-refractivity contribution in [3.63, 3.8) is 0 Å². The molecule has 2 nitrogen and oxygen atoms in total. The Bertz CT molecular complexity index is 341. The van der Waals surface area contributed by atoms with Crippen LogP contribution in [0.5, 0.6) is 0 Å². The molecule has 0 aliphatic heterocycles. The van der Waals surface area contributed by atoms with Gasteiger partial charge in [-0.1, -0.05) is 6.07 Å². The van der Waals surface area contributed by atoms with Crippen LogP contribution in [0.1, 0.15) is 0 Å². The van der Waals surface area contributed by atoms with Crippen molar-refractivity contribution in [3.05, 3.63) is 24.3 Å². The highest BCUT2D eigenvalue weighted by Crippen LogP contribution is 2.30. The van der Waals surface area contributed by atoms with Crippen LogP contribution in [0, 0.1) is 0 Å². The smallest absolute Gasteiger partial charge is 0.399 e. The summed E-state index contributed by atoms with van der Waals surface area (Å²) in [7, 11) is 1.74. The topological polar surface area (TPSA) is 29.3 Å². The normalized spacial score (nSPS) is 11.5. The second-order valence-electron chi connectivity index (χ2n) is 3.31. The SMILES string of the molecule is CN(CCSC(F)(F)F)c1cccc(N)c1. The van der Waals surface area contributed by atoms with Crippen LogP contribution >= 0.6 is 11.8 Å². The van der Waals surface area contributed by atoms with Crippen LogP contribution in [0.4, 0.5) is 24.5 Å². The molecule has 0 spiro atoms. The molecule has 0 aliphatic carbocycles. The quantitative estimate of drug-likeness (QED) is 0.833. The van der Waals surface area contributed by atoms with Gasteiger partial charge in [-0.25, -0.2) is 0 Å². The molecule has 0 saturated carbocycles. The number of thioether (sulfide) groups is 1. The van der Waals surface area contributed by atoms with Crippen molar-refractivity contribution in [3.8, 4) is 0 Å². The van der Waals surface area contributed by atoms with Crippen molar-refractivity contribution in [1.29, 1.82) is 0 Å². The number of halogens is 3. The highest BCUT2D eigenvalue weighted by atomic mass is 32.2. The first-order chi connectivity index (χ1) is 7.38. The van der Waals surface area contributed by atoms with Gasteiger partial charge in [-0.2, -0.15) is 13.2 Å². The van der Waals surface area contributed by atoms with Gasteiger partial charge in [0.2, 0.25) is 0 Å². The van der Waals surface area contributed by atoms with E-state index in [1.807, 2.05) is 6.07 Å². The number of hydrogen-bond acceptors (Lipinski definition) is 3. The lowest BCUT2D eigenvalue weighted by molar-refractivity contribution is -0.0327. The average molecular weight is 250 g/mol. The molecule has 0 aromatic heterocycles. The van der Waals surface area contributed by atoms with E-state index in [9.17, 15) is 13.2 Å². The summed E-state index contributed by atoms with van der Waals surface area (Å²) in [6.07, 6.45) is 0. The first kappa shape index (κ1) is 13.0. The zero-order chi connectivity index (χ0) is 12.2. The minimum absolute atomic E-state index is 0.00873. The second kappa shape index (κ2) is 5.34. The lowest BCUT2D eigenvalue weighted by atomic mass is 10.2. The van der Waals surface area contributed by atoms with Crippen molar-refractivity contribution >= 4 is 23.1 Å². The van der Waals surface area contributed by atoms with Gasteiger partial charge in [-0.05, 0) is 30.0 Å². The lowest BCUT2D eigenvalue weighted by Crippen LogP contribution is -2.21. The molecule has 0 atom stereocenters. The van der Waals surface area contributed by atoms with E-state index >= 15 is 0 Å². The Morgan fingerprint density at radius 3 is 2.62 bits per heavy atom. The molecule has 0 saturated heterocycles. The van der Waals surface area contributed by atoms with Gasteiger partial charge in [0.1, 0.15) is 0 Å². The molecular weight excluding hydrogens is 237 g/mol. The summed E-state index contributed by atoms with van der Waals surface area (Å²) in [5, 5.41) is 0. The first-order valence-corrected chi connectivity index (χ1v) is 5.64. The summed E-state index contributed by atoms with van der Waals surface area (Å²) < 4.78 is 35.7. The van der Waals surface area contributed by atoms with E-state index < -0.39 is 5.51 Å². The summed E-state index contributed by atoms with van der Waals surface area (Å²) in [6, 6.07) is 7.06. The summed E-state index contributed by atoms with van der Waals surface area (Å²) in [5.74, 6) is 0.00873. The number of nitrogens with two attached hydrogens (primary N) is 1. The summed E-state index contributed by atoms with van der Waals surface area (Å²) >= 11 is -0.0122. The molecule has 2 N–H and O–H groups in total. The van der Waals surface area contributed by atoms with Crippen molar-refractivity contribution in [2.24, 2.45) is 0 Å². The second-order valence-corrected chi connectivity index (χ2v) is 4.47. The van der Waals surface area contributed by atoms with Gasteiger partial charge in [0, 0.05) is 30.7 Å². The lowest BCUT2D eigenvalue weighted by Gasteiger charge is -2.19. The van der Waals surface area contributed by atoms with Gasteiger partial charge in [0.25, 0.3) is 0 Å². The molecule has 0 fully saturated rings. The van der Waals surface area contributed by atoms with Gasteiger partial charge in [-0.15, -0.1) is 0 Å². The van der Waals surface area contributed by atoms with Crippen LogP contribution < -0.4 is 10.6 Å². The van der Waals surface area contributed by atoms with Crippen LogP contribution in [0.2, 0.25) is 0 Å². The van der Waals surface area contributed by atoms with Crippen LogP contribution in [-0.2, 0) is 0 Å². The monoisotopic (exact) mass is 250 g/mol. The number of rotatable bonds is 4. The van der Waals surface area contributed by atoms with Crippen molar-refractivity contribution in [2.45, 2.75) is 5.51 Å². The van der Waals surface area contributed by atoms with E-state index in [-0.39, 0.29) is 17.5 Å². The van der Waals surface area contributed by atoms with Crippen LogP contribution in [0.25, 0.3) is 0 Å². The van der Waals surface area contributed by atoms with E-state index in [1.54, 1.807) is 30.1 Å². The van der Waals surface area contributed by atoms with Crippen LogP contribution in [0.3, 0.4) is 0 Å². The van der Waals surface area contributed by atoms with E-state index in [2.05, 4.69) is 0 Å². The molecule has 16 heavy (non-hydrogen) atoms. The molecule has 6 heteroatoms. The number of anilines is 2. The summed E-state index contributed by atoms with van der Waals surface area (Å²) in [4.78, 5) is 1.75. The molecule has 1 aromatic carbocycles. The predicted octanol–water partition coefficient (Wildman–Crippen LogP) is 2.96. The molecule has 90 valence electrons. The Kier molecular flexibility index (Phi) is 4.35. The zero-order valence-electron chi connectivity index (χ0n) is 8.79. The zero-order valence-corrected chi connectivity index (χ0v) is 9.61. The van der Waals surface area contributed by atoms with Gasteiger partial charge in [0.05, 0.1) is 0 Å². The first-order valence-electron chi connectivity index (χ1n) is 4.66. The maximum Gasteiger partial charge on any atom is 0.441 e. The van der Waals surface area contributed by atoms with Crippen molar-refractivity contribution < 1.29 is 13.2 Å². The number of nitrogens with zero attached hydrogens (tertiary/aromatic N) is 1. The highest BCUT2D eigenvalue weighted by molar-refractivity contribution is 8.00. The Labute approximate surface area is 96.6 Å². The Balaban J connectivity index is 2.44. The molecule has 0 heterocycles. The molecule has 0 unspecified atom stereocenters. The number of alkyl halides is 3. The van der Waals surface area contributed by atoms with E-state index in [4.69, 9.17) is 5.73 Å². The van der Waals surface area contributed by atoms with Gasteiger partial charge in [-0.3, -0.25) is 0 Å². The van der Waals surface area contributed by atoms with Crippen molar-refractivity contribution in [1.82, 2.24) is 0 Å². The molecule has 0 bridgehead atoms. The maximum atomic E-state index is 11.9. The molecule has 0 aliphatic rings. The fraction of sp³-hybridized carbons (Fsp3) is 0.400. The van der Waals surface area contributed by atoms with Crippen LogP contribution in [-0.4, -0.2) is 24.9 Å². The summed E-state index contributed by atoms with van der Waals surface area (Å²) in [6.45, 7) is 0.327. The third kappa shape index (κ3) is 4.65. The molecule has 0 radical (unpaired) electrons. The van der Waals surface area contributed by atoms with E-state index in [0.29, 0.717) is 12.2 Å². The largest absolute Gasteiger partial charge is 0.441 e. The van der Waals surface area contributed by atoms with Gasteiger partial charge < -0.3 is 10.6 Å². The Hall–Kier alpha value is -1.04. The molecule has 1 rings (SSSR count). The molecule has 1 aromatic rings. The number of benzene rings is 1. The van der Waals surface area contributed by atoms with Crippen LogP contribution in [0.15, 0.2) is 24.3 Å². The Morgan fingerprint density at radius 2 is 2.06 bits per heavy atom. The molecular formula is C10H13F3N2S. The predicted molar refractivity (Wildman–Crippen MR) is 62.6 cm³/mol. The minimum atomic E-state index is -4.16. The highest BCUT2D eigenvalue weighted by Gasteiger charge is 2.27. The van der Waals surface area contributed by atoms with Crippen molar-refractivity contribution in [2.75, 3.05) is 30.0 Å².